The van der Waals surface area contributed by atoms with Gasteiger partial charge in [0, 0.05) is 18.2 Å². The van der Waals surface area contributed by atoms with Gasteiger partial charge in [-0.25, -0.2) is 4.39 Å². The van der Waals surface area contributed by atoms with Crippen molar-refractivity contribution in [2.45, 2.75) is 6.92 Å². The lowest BCUT2D eigenvalue weighted by Gasteiger charge is -2.03. The molecule has 0 saturated heterocycles. The molecule has 0 unspecified atom stereocenters. The van der Waals surface area contributed by atoms with Crippen LogP contribution in [0.5, 0.6) is 0 Å². The number of hydrogen-bond acceptors (Lipinski definition) is 3. The van der Waals surface area contributed by atoms with Gasteiger partial charge < -0.3 is 11.1 Å². The molecule has 1 rings (SSSR count). The Hall–Kier alpha value is -2.02. The van der Waals surface area contributed by atoms with Crippen molar-refractivity contribution < 1.29 is 9.18 Å². The molecule has 17 heavy (non-hydrogen) atoms. The Bertz CT molecular complexity index is 475. The molecule has 0 fully saturated rings. The van der Waals surface area contributed by atoms with Crippen molar-refractivity contribution in [1.29, 1.82) is 0 Å². The van der Waals surface area contributed by atoms with Crippen LogP contribution in [-0.4, -0.2) is 17.2 Å². The normalized spacial score (nSPS) is 10.2. The molecule has 0 bridgehead atoms. The smallest absolute Gasteiger partial charge is 0.221 e. The zero-order valence-electron chi connectivity index (χ0n) is 9.03. The van der Waals surface area contributed by atoms with Crippen molar-refractivity contribution in [2.24, 2.45) is 10.8 Å². The Labute approximate surface area is 103 Å². The van der Waals surface area contributed by atoms with Gasteiger partial charge in [0.25, 0.3) is 0 Å². The van der Waals surface area contributed by atoms with E-state index in [-0.39, 0.29) is 16.6 Å². The average Bonchev–Trinajstić information content (AvgIpc) is 2.20. The SMILES string of the molecule is CC(=O)Nc1ccc(/C=N/NC(N)=S)c(F)c1. The van der Waals surface area contributed by atoms with Gasteiger partial charge >= 0.3 is 0 Å². The fourth-order valence-electron chi connectivity index (χ4n) is 1.08. The largest absolute Gasteiger partial charge is 0.375 e. The summed E-state index contributed by atoms with van der Waals surface area (Å²) in [5, 5.41) is 6.09. The highest BCUT2D eigenvalue weighted by molar-refractivity contribution is 7.80. The number of amides is 1. The number of carbonyl (C=O) groups excluding carboxylic acids is 1. The number of nitrogens with one attached hydrogen (secondary N) is 2. The third kappa shape index (κ3) is 4.56. The highest BCUT2D eigenvalue weighted by Crippen LogP contribution is 2.12. The van der Waals surface area contributed by atoms with E-state index in [0.29, 0.717) is 5.69 Å². The minimum Gasteiger partial charge on any atom is -0.375 e. The van der Waals surface area contributed by atoms with Gasteiger partial charge in [0.1, 0.15) is 5.82 Å². The first-order valence-electron chi connectivity index (χ1n) is 4.64. The Kier molecular flexibility index (Phi) is 4.53. The van der Waals surface area contributed by atoms with Crippen molar-refractivity contribution in [3.8, 4) is 0 Å². The van der Waals surface area contributed by atoms with Crippen molar-refractivity contribution in [3.05, 3.63) is 29.6 Å². The van der Waals surface area contributed by atoms with Crippen LogP contribution in [-0.2, 0) is 4.79 Å². The van der Waals surface area contributed by atoms with Crippen LogP contribution in [0.4, 0.5) is 10.1 Å². The summed E-state index contributed by atoms with van der Waals surface area (Å²) in [6, 6.07) is 4.24. The number of hydrogen-bond donors (Lipinski definition) is 3. The maximum atomic E-state index is 13.5. The number of benzene rings is 1. The first kappa shape index (κ1) is 13.0. The van der Waals surface area contributed by atoms with Crippen molar-refractivity contribution >= 4 is 35.1 Å². The van der Waals surface area contributed by atoms with Gasteiger partial charge in [-0.1, -0.05) is 0 Å². The number of anilines is 1. The second-order valence-electron chi connectivity index (χ2n) is 3.15. The monoisotopic (exact) mass is 254 g/mol. The van der Waals surface area contributed by atoms with E-state index in [9.17, 15) is 9.18 Å². The van der Waals surface area contributed by atoms with E-state index in [1.54, 1.807) is 6.07 Å². The Morgan fingerprint density at radius 1 is 1.59 bits per heavy atom. The zero-order chi connectivity index (χ0) is 12.8. The molecule has 1 aromatic carbocycles. The molecule has 5 nitrogen and oxygen atoms in total. The Morgan fingerprint density at radius 3 is 2.82 bits per heavy atom. The van der Waals surface area contributed by atoms with Gasteiger partial charge in [0.2, 0.25) is 5.91 Å². The number of carbonyl (C=O) groups is 1. The van der Waals surface area contributed by atoms with Crippen LogP contribution >= 0.6 is 12.2 Å². The molecule has 1 amide bonds. The molecular weight excluding hydrogens is 243 g/mol. The third-order valence-corrected chi connectivity index (χ3v) is 1.79. The number of thiocarbonyl (C=S) groups is 1. The summed E-state index contributed by atoms with van der Waals surface area (Å²) in [6.07, 6.45) is 1.24. The Balaban J connectivity index is 2.79. The number of nitrogens with two attached hydrogens (primary N) is 1. The molecule has 1 aromatic rings. The van der Waals surface area contributed by atoms with Crippen LogP contribution in [0.3, 0.4) is 0 Å². The van der Waals surface area contributed by atoms with Crippen LogP contribution in [0.1, 0.15) is 12.5 Å². The lowest BCUT2D eigenvalue weighted by atomic mass is 10.2. The van der Waals surface area contributed by atoms with Gasteiger partial charge in [0.05, 0.1) is 6.21 Å². The fraction of sp³-hybridized carbons (Fsp3) is 0.100. The molecule has 0 saturated carbocycles. The third-order valence-electron chi connectivity index (χ3n) is 1.70. The summed E-state index contributed by atoms with van der Waals surface area (Å²) in [5.41, 5.74) is 8.09. The molecule has 0 aliphatic carbocycles. The molecular formula is C10H11FN4OS. The van der Waals surface area contributed by atoms with Gasteiger partial charge in [0.15, 0.2) is 5.11 Å². The molecule has 0 aliphatic heterocycles. The average molecular weight is 254 g/mol. The molecule has 0 aromatic heterocycles. The van der Waals surface area contributed by atoms with Crippen LogP contribution < -0.4 is 16.5 Å². The van der Waals surface area contributed by atoms with Crippen LogP contribution in [0.15, 0.2) is 23.3 Å². The minimum atomic E-state index is -0.510. The van der Waals surface area contributed by atoms with Crippen molar-refractivity contribution in [2.75, 3.05) is 5.32 Å². The summed E-state index contributed by atoms with van der Waals surface area (Å²) >= 11 is 4.52. The second-order valence-corrected chi connectivity index (χ2v) is 3.59. The van der Waals surface area contributed by atoms with Gasteiger partial charge in [-0.3, -0.25) is 10.2 Å². The predicted octanol–water partition coefficient (Wildman–Crippen LogP) is 0.951. The topological polar surface area (TPSA) is 79.5 Å². The number of nitrogens with zero attached hydrogens (tertiary/aromatic N) is 1. The standard InChI is InChI=1S/C10H11FN4OS/c1-6(16)14-8-3-2-7(9(11)4-8)5-13-15-10(12)17/h2-5H,1H3,(H,14,16)(H3,12,15,17)/b13-5+. The summed E-state index contributed by atoms with van der Waals surface area (Å²) in [4.78, 5) is 10.8. The molecule has 7 heteroatoms. The van der Waals surface area contributed by atoms with Crippen molar-refractivity contribution in [3.63, 3.8) is 0 Å². The molecule has 90 valence electrons. The highest BCUT2D eigenvalue weighted by Gasteiger charge is 2.02. The highest BCUT2D eigenvalue weighted by atomic mass is 32.1. The van der Waals surface area contributed by atoms with Gasteiger partial charge in [-0.05, 0) is 30.4 Å². The van der Waals surface area contributed by atoms with E-state index in [1.165, 1.54) is 25.3 Å². The molecule has 4 N–H and O–H groups in total. The van der Waals surface area contributed by atoms with E-state index in [4.69, 9.17) is 5.73 Å². The maximum Gasteiger partial charge on any atom is 0.221 e. The lowest BCUT2D eigenvalue weighted by molar-refractivity contribution is -0.114. The van der Waals surface area contributed by atoms with Gasteiger partial charge in [-0.15, -0.1) is 0 Å². The first-order valence-corrected chi connectivity index (χ1v) is 5.05. The van der Waals surface area contributed by atoms with Crippen LogP contribution in [0, 0.1) is 5.82 Å². The Morgan fingerprint density at radius 2 is 2.29 bits per heavy atom. The number of rotatable bonds is 3. The predicted molar refractivity (Wildman–Crippen MR) is 68.2 cm³/mol. The van der Waals surface area contributed by atoms with Crippen LogP contribution in [0.25, 0.3) is 0 Å². The molecule has 0 heterocycles. The number of halogens is 1. The van der Waals surface area contributed by atoms with E-state index in [2.05, 4.69) is 28.1 Å². The first-order chi connectivity index (χ1) is 7.99. The number of hydrazone groups is 1. The van der Waals surface area contributed by atoms with Crippen molar-refractivity contribution in [1.82, 2.24) is 5.43 Å². The quantitative estimate of drug-likeness (QED) is 0.426. The fourth-order valence-corrected chi connectivity index (χ4v) is 1.13. The van der Waals surface area contributed by atoms with E-state index >= 15 is 0 Å². The van der Waals surface area contributed by atoms with E-state index < -0.39 is 5.82 Å². The summed E-state index contributed by atoms with van der Waals surface area (Å²) in [6.45, 7) is 1.35. The molecule has 0 aliphatic rings. The van der Waals surface area contributed by atoms with Crippen LogP contribution in [0.2, 0.25) is 0 Å². The maximum absolute atomic E-state index is 13.5. The second kappa shape index (κ2) is 5.90. The van der Waals surface area contributed by atoms with E-state index in [1.807, 2.05) is 0 Å². The molecule has 0 spiro atoms. The minimum absolute atomic E-state index is 0.00322. The summed E-state index contributed by atoms with van der Waals surface area (Å²) in [5.74, 6) is -0.772. The molecule has 0 atom stereocenters. The van der Waals surface area contributed by atoms with E-state index in [0.717, 1.165) is 0 Å². The summed E-state index contributed by atoms with van der Waals surface area (Å²) < 4.78 is 13.5. The lowest BCUT2D eigenvalue weighted by Crippen LogP contribution is -2.24. The van der Waals surface area contributed by atoms with Gasteiger partial charge in [-0.2, -0.15) is 5.10 Å². The zero-order valence-corrected chi connectivity index (χ0v) is 9.84. The molecule has 0 radical (unpaired) electrons. The summed E-state index contributed by atoms with van der Waals surface area (Å²) in [7, 11) is 0.